The molecule has 0 radical (unpaired) electrons. The third-order valence-electron chi connectivity index (χ3n) is 15.5. The van der Waals surface area contributed by atoms with Crippen LogP contribution in [0.2, 0.25) is 0 Å². The second-order valence-corrected chi connectivity index (χ2v) is 23.4. The Morgan fingerprint density at radius 2 is 0.519 bits per heavy atom. The van der Waals surface area contributed by atoms with Crippen molar-refractivity contribution in [1.82, 2.24) is 0 Å². The second kappa shape index (κ2) is 67.6. The lowest BCUT2D eigenvalue weighted by molar-refractivity contribution is -0.167. The third-order valence-corrected chi connectivity index (χ3v) is 15.5. The Morgan fingerprint density at radius 1 is 0.266 bits per heavy atom. The average molecular weight is 1110 g/mol. The quantitative estimate of drug-likeness (QED) is 0.0261. The van der Waals surface area contributed by atoms with Crippen LogP contribution in [0.4, 0.5) is 0 Å². The molecule has 0 fully saturated rings. The summed E-state index contributed by atoms with van der Waals surface area (Å²) in [5.41, 5.74) is 0. The van der Waals surface area contributed by atoms with Crippen LogP contribution in [0.3, 0.4) is 0 Å². The number of esters is 3. The van der Waals surface area contributed by atoms with Gasteiger partial charge < -0.3 is 14.2 Å². The van der Waals surface area contributed by atoms with E-state index in [0.717, 1.165) is 122 Å². The molecule has 1 unspecified atom stereocenters. The van der Waals surface area contributed by atoms with Gasteiger partial charge in [0, 0.05) is 19.3 Å². The first-order valence-electron chi connectivity index (χ1n) is 34.8. The van der Waals surface area contributed by atoms with Crippen molar-refractivity contribution >= 4 is 17.9 Å². The summed E-state index contributed by atoms with van der Waals surface area (Å²) in [4.78, 5) is 38.3. The Bertz CT molecular complexity index is 1410. The Balaban J connectivity index is 4.09. The Kier molecular flexibility index (Phi) is 65.1. The van der Waals surface area contributed by atoms with Gasteiger partial charge in [-0.15, -0.1) is 0 Å². The highest BCUT2D eigenvalue weighted by atomic mass is 16.6. The van der Waals surface area contributed by atoms with Crippen molar-refractivity contribution < 1.29 is 28.6 Å². The van der Waals surface area contributed by atoms with Crippen molar-refractivity contribution in [2.75, 3.05) is 13.2 Å². The highest BCUT2D eigenvalue weighted by Gasteiger charge is 2.19. The normalized spacial score (nSPS) is 12.4. The number of rotatable bonds is 64. The number of carbonyl (C=O) groups excluding carboxylic acids is 3. The zero-order valence-corrected chi connectivity index (χ0v) is 52.9. The van der Waals surface area contributed by atoms with Gasteiger partial charge in [0.15, 0.2) is 6.10 Å². The fourth-order valence-electron chi connectivity index (χ4n) is 10.3. The first-order chi connectivity index (χ1) is 39.0. The molecule has 0 rings (SSSR count). The number of hydrogen-bond donors (Lipinski definition) is 0. The van der Waals surface area contributed by atoms with Gasteiger partial charge in [-0.25, -0.2) is 0 Å². The molecule has 0 saturated heterocycles. The molecule has 0 aromatic heterocycles. The molecule has 1 atom stereocenters. The Labute approximate surface area is 491 Å². The number of allylic oxidation sites excluding steroid dienone is 10. The van der Waals surface area contributed by atoms with Crippen LogP contribution in [-0.4, -0.2) is 37.2 Å². The molecule has 79 heavy (non-hydrogen) atoms. The minimum atomic E-state index is -0.789. The van der Waals surface area contributed by atoms with Crippen molar-refractivity contribution in [3.8, 4) is 0 Å². The summed E-state index contributed by atoms with van der Waals surface area (Å²) in [6.07, 6.45) is 87.1. The maximum Gasteiger partial charge on any atom is 0.306 e. The maximum absolute atomic E-state index is 12.9. The van der Waals surface area contributed by atoms with E-state index in [0.29, 0.717) is 19.3 Å². The molecule has 0 aromatic carbocycles. The van der Waals surface area contributed by atoms with Crippen LogP contribution in [0, 0.1) is 0 Å². The van der Waals surface area contributed by atoms with Crippen molar-refractivity contribution in [1.29, 1.82) is 0 Å². The van der Waals surface area contributed by atoms with Crippen LogP contribution in [0.15, 0.2) is 60.8 Å². The van der Waals surface area contributed by atoms with E-state index in [9.17, 15) is 14.4 Å². The standard InChI is InChI=1S/C73H132O6/c1-4-7-10-13-16-19-22-25-27-28-29-30-31-32-33-34-35-36-37-38-39-40-41-42-43-44-46-48-51-54-57-60-63-66-72(75)78-69-70(68-77-71(74)65-62-59-56-53-50-47-24-21-18-15-12-9-6-3)79-73(76)67-64-61-58-55-52-49-45-26-23-20-17-14-11-8-5-2/h8,11-12,15,17,20-21,24,26,45,70H,4-7,9-10,13-14,16,18-19,22-23,25,27-44,46-69H2,1-3H3/b11-8-,15-12-,20-17-,24-21-,45-26-. The molecular weight excluding hydrogens is 973 g/mol. The minimum Gasteiger partial charge on any atom is -0.462 e. The number of ether oxygens (including phenoxy) is 3. The van der Waals surface area contributed by atoms with Crippen molar-refractivity contribution in [3.05, 3.63) is 60.8 Å². The van der Waals surface area contributed by atoms with Gasteiger partial charge in [0.1, 0.15) is 13.2 Å². The zero-order chi connectivity index (χ0) is 57.1. The molecule has 0 N–H and O–H groups in total. The molecule has 6 heteroatoms. The summed E-state index contributed by atoms with van der Waals surface area (Å²) < 4.78 is 16.9. The lowest BCUT2D eigenvalue weighted by Gasteiger charge is -2.18. The van der Waals surface area contributed by atoms with Crippen LogP contribution in [-0.2, 0) is 28.6 Å². The predicted molar refractivity (Wildman–Crippen MR) is 344 cm³/mol. The van der Waals surface area contributed by atoms with Gasteiger partial charge >= 0.3 is 17.9 Å². The van der Waals surface area contributed by atoms with E-state index >= 15 is 0 Å². The Morgan fingerprint density at radius 3 is 0.823 bits per heavy atom. The third kappa shape index (κ3) is 65.8. The van der Waals surface area contributed by atoms with Crippen LogP contribution >= 0.6 is 0 Å². The van der Waals surface area contributed by atoms with Crippen LogP contribution in [0.1, 0.15) is 367 Å². The van der Waals surface area contributed by atoms with Crippen LogP contribution in [0.5, 0.6) is 0 Å². The predicted octanol–water partition coefficient (Wildman–Crippen LogP) is 23.9. The van der Waals surface area contributed by atoms with Crippen molar-refractivity contribution in [2.24, 2.45) is 0 Å². The van der Waals surface area contributed by atoms with Crippen molar-refractivity contribution in [3.63, 3.8) is 0 Å². The van der Waals surface area contributed by atoms with Gasteiger partial charge in [-0.2, -0.15) is 0 Å². The van der Waals surface area contributed by atoms with E-state index in [-0.39, 0.29) is 31.1 Å². The molecule has 0 aromatic rings. The highest BCUT2D eigenvalue weighted by molar-refractivity contribution is 5.71. The fourth-order valence-corrected chi connectivity index (χ4v) is 10.3. The van der Waals surface area contributed by atoms with E-state index in [2.05, 4.69) is 81.5 Å². The van der Waals surface area contributed by atoms with E-state index < -0.39 is 6.10 Å². The van der Waals surface area contributed by atoms with E-state index in [4.69, 9.17) is 14.2 Å². The molecule has 0 amide bonds. The monoisotopic (exact) mass is 1110 g/mol. The van der Waals surface area contributed by atoms with E-state index in [1.165, 1.54) is 205 Å². The number of hydrogen-bond acceptors (Lipinski definition) is 6. The van der Waals surface area contributed by atoms with Crippen molar-refractivity contribution in [2.45, 2.75) is 374 Å². The second-order valence-electron chi connectivity index (χ2n) is 23.4. The molecule has 0 aliphatic heterocycles. The van der Waals surface area contributed by atoms with Gasteiger partial charge in [0.05, 0.1) is 0 Å². The Hall–Kier alpha value is -2.89. The van der Waals surface area contributed by atoms with Crippen LogP contribution < -0.4 is 0 Å². The van der Waals surface area contributed by atoms with Gasteiger partial charge in [-0.3, -0.25) is 14.4 Å². The smallest absolute Gasteiger partial charge is 0.306 e. The summed E-state index contributed by atoms with van der Waals surface area (Å²) in [5, 5.41) is 0. The summed E-state index contributed by atoms with van der Waals surface area (Å²) in [7, 11) is 0. The topological polar surface area (TPSA) is 78.9 Å². The highest BCUT2D eigenvalue weighted by Crippen LogP contribution is 2.18. The molecule has 0 heterocycles. The summed E-state index contributed by atoms with van der Waals surface area (Å²) in [6, 6.07) is 0. The lowest BCUT2D eigenvalue weighted by Crippen LogP contribution is -2.30. The van der Waals surface area contributed by atoms with Gasteiger partial charge in [-0.05, 0) is 77.0 Å². The number of unbranched alkanes of at least 4 members (excludes halogenated alkanes) is 43. The molecule has 0 bridgehead atoms. The van der Waals surface area contributed by atoms with Gasteiger partial charge in [0.2, 0.25) is 0 Å². The van der Waals surface area contributed by atoms with Crippen LogP contribution in [0.25, 0.3) is 0 Å². The number of carbonyl (C=O) groups is 3. The maximum atomic E-state index is 12.9. The fraction of sp³-hybridized carbons (Fsp3) is 0.822. The molecule has 0 aliphatic rings. The van der Waals surface area contributed by atoms with Gasteiger partial charge in [-0.1, -0.05) is 332 Å². The minimum absolute atomic E-state index is 0.0831. The zero-order valence-electron chi connectivity index (χ0n) is 52.9. The molecule has 460 valence electrons. The lowest BCUT2D eigenvalue weighted by atomic mass is 10.0. The molecule has 0 saturated carbocycles. The SMILES string of the molecule is CC/C=C\C/C=C\C/C=C\CCCCCCCC(=O)OC(COC(=O)CCCCCCC/C=C\C/C=C\CCC)COC(=O)CCCCCCCCCCCCCCCCCCCCCCCCCCCCCCCCCCC. The van der Waals surface area contributed by atoms with E-state index in [1.54, 1.807) is 0 Å². The molecule has 0 aliphatic carbocycles. The summed E-state index contributed by atoms with van der Waals surface area (Å²) in [5.74, 6) is -0.898. The molecular formula is C73H132O6. The first-order valence-corrected chi connectivity index (χ1v) is 34.8. The average Bonchev–Trinajstić information content (AvgIpc) is 3.45. The first kappa shape index (κ1) is 76.1. The molecule has 0 spiro atoms. The van der Waals surface area contributed by atoms with E-state index in [1.807, 2.05) is 0 Å². The van der Waals surface area contributed by atoms with Gasteiger partial charge in [0.25, 0.3) is 0 Å². The summed E-state index contributed by atoms with van der Waals surface area (Å²) >= 11 is 0. The molecule has 6 nitrogen and oxygen atoms in total. The summed E-state index contributed by atoms with van der Waals surface area (Å²) in [6.45, 7) is 6.49. The largest absolute Gasteiger partial charge is 0.462 e.